The summed E-state index contributed by atoms with van der Waals surface area (Å²) in [4.78, 5) is 14.7. The molecule has 0 aromatic heterocycles. The second-order valence-corrected chi connectivity index (χ2v) is 7.84. The summed E-state index contributed by atoms with van der Waals surface area (Å²) in [6, 6.07) is 9.89. The maximum absolute atomic E-state index is 12.6. The summed E-state index contributed by atoms with van der Waals surface area (Å²) in [6.45, 7) is 5.98. The molecule has 138 valence electrons. The van der Waals surface area contributed by atoms with Gasteiger partial charge in [0.05, 0.1) is 6.10 Å². The fourth-order valence-corrected chi connectivity index (χ4v) is 4.37. The molecule has 0 bridgehead atoms. The number of hydrogen-bond donors (Lipinski definition) is 2. The summed E-state index contributed by atoms with van der Waals surface area (Å²) in [5, 5.41) is 14.0. The number of rotatable bonds is 5. The SMILES string of the molecule is CC(CC(=O)N1CCC(C(O)c2ccccc2)CC1)C1CCNCC1. The average molecular weight is 344 g/mol. The molecule has 2 fully saturated rings. The third-order valence-corrected chi connectivity index (χ3v) is 6.17. The fraction of sp³-hybridized carbons (Fsp3) is 0.667. The zero-order valence-electron chi connectivity index (χ0n) is 15.4. The van der Waals surface area contributed by atoms with Crippen molar-refractivity contribution in [2.75, 3.05) is 26.2 Å². The van der Waals surface area contributed by atoms with Gasteiger partial charge in [0.25, 0.3) is 0 Å². The van der Waals surface area contributed by atoms with E-state index < -0.39 is 6.10 Å². The van der Waals surface area contributed by atoms with E-state index in [0.29, 0.717) is 24.2 Å². The van der Waals surface area contributed by atoms with Gasteiger partial charge in [-0.2, -0.15) is 0 Å². The first-order chi connectivity index (χ1) is 12.1. The molecule has 1 aromatic rings. The molecule has 2 N–H and O–H groups in total. The van der Waals surface area contributed by atoms with Gasteiger partial charge >= 0.3 is 0 Å². The normalized spacial score (nSPS) is 22.6. The fourth-order valence-electron chi connectivity index (χ4n) is 4.37. The zero-order chi connectivity index (χ0) is 17.6. The van der Waals surface area contributed by atoms with Crippen molar-refractivity contribution in [3.8, 4) is 0 Å². The Morgan fingerprint density at radius 1 is 1.12 bits per heavy atom. The highest BCUT2D eigenvalue weighted by Crippen LogP contribution is 2.31. The highest BCUT2D eigenvalue weighted by molar-refractivity contribution is 5.76. The van der Waals surface area contributed by atoms with Crippen molar-refractivity contribution in [2.45, 2.75) is 45.1 Å². The summed E-state index contributed by atoms with van der Waals surface area (Å²) in [6.07, 6.45) is 4.44. The van der Waals surface area contributed by atoms with Crippen molar-refractivity contribution in [3.05, 3.63) is 35.9 Å². The highest BCUT2D eigenvalue weighted by atomic mass is 16.3. The quantitative estimate of drug-likeness (QED) is 0.863. The molecular weight excluding hydrogens is 312 g/mol. The van der Waals surface area contributed by atoms with E-state index in [1.165, 1.54) is 12.8 Å². The number of carbonyl (C=O) groups is 1. The molecule has 2 aliphatic rings. The number of carbonyl (C=O) groups excluding carboxylic acids is 1. The largest absolute Gasteiger partial charge is 0.388 e. The van der Waals surface area contributed by atoms with Gasteiger partial charge in [-0.3, -0.25) is 4.79 Å². The third kappa shape index (κ3) is 4.83. The molecule has 1 aromatic carbocycles. The van der Waals surface area contributed by atoms with E-state index in [4.69, 9.17) is 0 Å². The van der Waals surface area contributed by atoms with Crippen LogP contribution in [0.25, 0.3) is 0 Å². The number of benzene rings is 1. The van der Waals surface area contributed by atoms with Gasteiger partial charge < -0.3 is 15.3 Å². The molecule has 0 aliphatic carbocycles. The van der Waals surface area contributed by atoms with Crippen molar-refractivity contribution < 1.29 is 9.90 Å². The van der Waals surface area contributed by atoms with Crippen molar-refractivity contribution in [1.82, 2.24) is 10.2 Å². The number of aliphatic hydroxyl groups excluding tert-OH is 1. The van der Waals surface area contributed by atoms with E-state index in [0.717, 1.165) is 44.6 Å². The lowest BCUT2D eigenvalue weighted by molar-refractivity contribution is -0.134. The van der Waals surface area contributed by atoms with E-state index >= 15 is 0 Å². The van der Waals surface area contributed by atoms with Crippen LogP contribution in [0.2, 0.25) is 0 Å². The molecule has 25 heavy (non-hydrogen) atoms. The van der Waals surface area contributed by atoms with Crippen molar-refractivity contribution in [1.29, 1.82) is 0 Å². The van der Waals surface area contributed by atoms with E-state index in [9.17, 15) is 9.90 Å². The molecule has 4 nitrogen and oxygen atoms in total. The summed E-state index contributed by atoms with van der Waals surface area (Å²) < 4.78 is 0. The van der Waals surface area contributed by atoms with Crippen LogP contribution < -0.4 is 5.32 Å². The van der Waals surface area contributed by atoms with Gasteiger partial charge in [-0.05, 0) is 62.1 Å². The minimum Gasteiger partial charge on any atom is -0.388 e. The summed E-state index contributed by atoms with van der Waals surface area (Å²) >= 11 is 0. The second kappa shape index (κ2) is 8.81. The summed E-state index contributed by atoms with van der Waals surface area (Å²) in [7, 11) is 0. The van der Waals surface area contributed by atoms with Gasteiger partial charge in [0.15, 0.2) is 0 Å². The molecule has 4 heteroatoms. The first-order valence-electron chi connectivity index (χ1n) is 9.86. The third-order valence-electron chi connectivity index (χ3n) is 6.17. The zero-order valence-corrected chi connectivity index (χ0v) is 15.4. The van der Waals surface area contributed by atoms with Gasteiger partial charge in [0, 0.05) is 19.5 Å². The van der Waals surface area contributed by atoms with Crippen molar-refractivity contribution >= 4 is 5.91 Å². The van der Waals surface area contributed by atoms with Crippen LogP contribution in [0, 0.1) is 17.8 Å². The Kier molecular flexibility index (Phi) is 6.49. The maximum Gasteiger partial charge on any atom is 0.222 e. The van der Waals surface area contributed by atoms with Crippen LogP contribution >= 0.6 is 0 Å². The van der Waals surface area contributed by atoms with E-state index in [-0.39, 0.29) is 5.92 Å². The predicted octanol–water partition coefficient (Wildman–Crippen LogP) is 2.98. The smallest absolute Gasteiger partial charge is 0.222 e. The number of amides is 1. The summed E-state index contributed by atoms with van der Waals surface area (Å²) in [5.41, 5.74) is 0.992. The van der Waals surface area contributed by atoms with Crippen LogP contribution in [-0.4, -0.2) is 42.1 Å². The lowest BCUT2D eigenvalue weighted by Gasteiger charge is -2.36. The average Bonchev–Trinajstić information content (AvgIpc) is 2.69. The first kappa shape index (κ1) is 18.4. The Bertz CT molecular complexity index is 534. The molecule has 0 radical (unpaired) electrons. The lowest BCUT2D eigenvalue weighted by Crippen LogP contribution is -2.41. The Balaban J connectivity index is 1.46. The maximum atomic E-state index is 12.6. The van der Waals surface area contributed by atoms with Crippen LogP contribution in [0.4, 0.5) is 0 Å². The first-order valence-corrected chi connectivity index (χ1v) is 9.86. The molecular formula is C21H32N2O2. The van der Waals surface area contributed by atoms with Crippen LogP contribution in [-0.2, 0) is 4.79 Å². The molecule has 2 aliphatic heterocycles. The number of likely N-dealkylation sites (tertiary alicyclic amines) is 1. The molecule has 2 heterocycles. The second-order valence-electron chi connectivity index (χ2n) is 7.84. The number of piperidine rings is 2. The van der Waals surface area contributed by atoms with Gasteiger partial charge in [-0.15, -0.1) is 0 Å². The monoisotopic (exact) mass is 344 g/mol. The molecule has 2 saturated heterocycles. The minimum atomic E-state index is -0.410. The molecule has 2 atom stereocenters. The topological polar surface area (TPSA) is 52.6 Å². The predicted molar refractivity (Wildman–Crippen MR) is 100 cm³/mol. The highest BCUT2D eigenvalue weighted by Gasteiger charge is 2.30. The van der Waals surface area contributed by atoms with Crippen molar-refractivity contribution in [3.63, 3.8) is 0 Å². The van der Waals surface area contributed by atoms with Crippen LogP contribution in [0.1, 0.15) is 50.7 Å². The lowest BCUT2D eigenvalue weighted by atomic mass is 9.83. The molecule has 0 spiro atoms. The number of hydrogen-bond acceptors (Lipinski definition) is 3. The minimum absolute atomic E-state index is 0.258. The van der Waals surface area contributed by atoms with Crippen LogP contribution in [0.5, 0.6) is 0 Å². The van der Waals surface area contributed by atoms with Gasteiger partial charge in [-0.25, -0.2) is 0 Å². The van der Waals surface area contributed by atoms with Crippen LogP contribution in [0.15, 0.2) is 30.3 Å². The number of nitrogens with zero attached hydrogens (tertiary/aromatic N) is 1. The molecule has 1 amide bonds. The van der Waals surface area contributed by atoms with Gasteiger partial charge in [0.2, 0.25) is 5.91 Å². The van der Waals surface area contributed by atoms with E-state index in [1.807, 2.05) is 35.2 Å². The number of nitrogens with one attached hydrogen (secondary N) is 1. The Morgan fingerprint density at radius 2 is 1.76 bits per heavy atom. The molecule has 3 rings (SSSR count). The number of aliphatic hydroxyl groups is 1. The molecule has 0 saturated carbocycles. The Hall–Kier alpha value is -1.39. The summed E-state index contributed by atoms with van der Waals surface area (Å²) in [5.74, 6) is 1.72. The Morgan fingerprint density at radius 3 is 2.40 bits per heavy atom. The van der Waals surface area contributed by atoms with E-state index in [1.54, 1.807) is 0 Å². The van der Waals surface area contributed by atoms with E-state index in [2.05, 4.69) is 12.2 Å². The van der Waals surface area contributed by atoms with Gasteiger partial charge in [0.1, 0.15) is 0 Å². The van der Waals surface area contributed by atoms with Crippen LogP contribution in [0.3, 0.4) is 0 Å². The Labute approximate surface area is 151 Å². The standard InChI is InChI=1S/C21H32N2O2/c1-16(17-7-11-22-12-8-17)15-20(24)23-13-9-19(10-14-23)21(25)18-5-3-2-4-6-18/h2-6,16-17,19,21-22,25H,7-15H2,1H3. The van der Waals surface area contributed by atoms with Gasteiger partial charge in [-0.1, -0.05) is 37.3 Å². The molecule has 2 unspecified atom stereocenters. The van der Waals surface area contributed by atoms with Crippen molar-refractivity contribution in [2.24, 2.45) is 17.8 Å².